The van der Waals surface area contributed by atoms with Gasteiger partial charge < -0.3 is 5.32 Å². The highest BCUT2D eigenvalue weighted by Crippen LogP contribution is 2.33. The highest BCUT2D eigenvalue weighted by molar-refractivity contribution is 5.24. The van der Waals surface area contributed by atoms with Crippen molar-refractivity contribution in [3.63, 3.8) is 0 Å². The van der Waals surface area contributed by atoms with Crippen molar-refractivity contribution >= 4 is 0 Å². The first-order valence-corrected chi connectivity index (χ1v) is 6.33. The van der Waals surface area contributed by atoms with Gasteiger partial charge in [0.2, 0.25) is 0 Å². The first kappa shape index (κ1) is 12.5. The summed E-state index contributed by atoms with van der Waals surface area (Å²) in [4.78, 5) is 0. The lowest BCUT2D eigenvalue weighted by Gasteiger charge is -2.06. The fraction of sp³-hybridized carbons (Fsp3) is 0.571. The van der Waals surface area contributed by atoms with Crippen LogP contribution in [-0.2, 0) is 6.54 Å². The minimum Gasteiger partial charge on any atom is -0.313 e. The molecule has 1 nitrogen and oxygen atoms in total. The summed E-state index contributed by atoms with van der Waals surface area (Å²) in [5.74, 6) is 0.971. The Labute approximate surface area is 101 Å². The summed E-state index contributed by atoms with van der Waals surface area (Å²) in [6.07, 6.45) is 2.93. The Morgan fingerprint density at radius 2 is 2.12 bits per heavy atom. The van der Waals surface area contributed by atoms with Crippen LogP contribution in [0.15, 0.2) is 24.3 Å². The molecular formula is C14H19F2N. The second-order valence-electron chi connectivity index (χ2n) is 4.81. The lowest BCUT2D eigenvalue weighted by atomic mass is 10.1. The Balaban J connectivity index is 1.68. The third-order valence-corrected chi connectivity index (χ3v) is 3.19. The average Bonchev–Trinajstić information content (AvgIpc) is 3.13. The largest absolute Gasteiger partial charge is 0.313 e. The molecule has 0 aromatic heterocycles. The predicted octanol–water partition coefficient (Wildman–Crippen LogP) is 3.90. The Kier molecular flexibility index (Phi) is 4.49. The molecule has 1 aliphatic rings. The van der Waals surface area contributed by atoms with Crippen LogP contribution in [0.5, 0.6) is 0 Å². The maximum absolute atomic E-state index is 12.5. The molecule has 1 aromatic carbocycles. The topological polar surface area (TPSA) is 12.0 Å². The molecule has 0 aliphatic heterocycles. The Morgan fingerprint density at radius 3 is 2.82 bits per heavy atom. The molecule has 1 aromatic rings. The van der Waals surface area contributed by atoms with Gasteiger partial charge in [-0.25, -0.2) is 8.78 Å². The van der Waals surface area contributed by atoms with E-state index in [0.717, 1.165) is 18.0 Å². The van der Waals surface area contributed by atoms with Gasteiger partial charge in [-0.2, -0.15) is 0 Å². The third kappa shape index (κ3) is 4.43. The van der Waals surface area contributed by atoms with Crippen LogP contribution in [0, 0.1) is 5.92 Å². The van der Waals surface area contributed by atoms with Crippen LogP contribution in [0.1, 0.15) is 43.2 Å². The standard InChI is InChI=1S/C14H19F2N/c15-14(16)13-5-1-3-12(9-13)10-17-8-2-4-11-6-7-11/h1,3,5,9,11,14,17H,2,4,6-8,10H2. The van der Waals surface area contributed by atoms with E-state index < -0.39 is 6.43 Å². The zero-order valence-electron chi connectivity index (χ0n) is 9.96. The first-order chi connectivity index (χ1) is 8.25. The lowest BCUT2D eigenvalue weighted by Crippen LogP contribution is -2.14. The average molecular weight is 239 g/mol. The Hall–Kier alpha value is -0.960. The number of hydrogen-bond donors (Lipinski definition) is 1. The summed E-state index contributed by atoms with van der Waals surface area (Å²) in [6.45, 7) is 1.67. The van der Waals surface area contributed by atoms with E-state index in [9.17, 15) is 8.78 Å². The van der Waals surface area contributed by atoms with Crippen LogP contribution in [-0.4, -0.2) is 6.54 Å². The van der Waals surface area contributed by atoms with Crippen molar-refractivity contribution < 1.29 is 8.78 Å². The van der Waals surface area contributed by atoms with Gasteiger partial charge in [-0.05, 0) is 36.9 Å². The summed E-state index contributed by atoms with van der Waals surface area (Å²) < 4.78 is 24.9. The number of alkyl halides is 2. The lowest BCUT2D eigenvalue weighted by molar-refractivity contribution is 0.151. The highest BCUT2D eigenvalue weighted by atomic mass is 19.3. The maximum Gasteiger partial charge on any atom is 0.263 e. The second-order valence-corrected chi connectivity index (χ2v) is 4.81. The molecule has 1 saturated carbocycles. The van der Waals surface area contributed by atoms with E-state index in [0.29, 0.717) is 6.54 Å². The van der Waals surface area contributed by atoms with Crippen LogP contribution in [0.3, 0.4) is 0 Å². The third-order valence-electron chi connectivity index (χ3n) is 3.19. The number of nitrogens with one attached hydrogen (secondary N) is 1. The van der Waals surface area contributed by atoms with Crippen LogP contribution in [0.2, 0.25) is 0 Å². The molecule has 1 fully saturated rings. The van der Waals surface area contributed by atoms with Crippen molar-refractivity contribution in [2.24, 2.45) is 5.92 Å². The molecule has 0 radical (unpaired) electrons. The van der Waals surface area contributed by atoms with Gasteiger partial charge in [-0.1, -0.05) is 31.0 Å². The molecule has 0 spiro atoms. The van der Waals surface area contributed by atoms with Crippen molar-refractivity contribution in [1.29, 1.82) is 0 Å². The van der Waals surface area contributed by atoms with Crippen molar-refractivity contribution in [3.05, 3.63) is 35.4 Å². The Morgan fingerprint density at radius 1 is 1.29 bits per heavy atom. The highest BCUT2D eigenvalue weighted by Gasteiger charge is 2.19. The van der Waals surface area contributed by atoms with Gasteiger partial charge in [-0.3, -0.25) is 0 Å². The molecular weight excluding hydrogens is 220 g/mol. The molecule has 0 unspecified atom stereocenters. The molecule has 17 heavy (non-hydrogen) atoms. The number of benzene rings is 1. The van der Waals surface area contributed by atoms with Crippen molar-refractivity contribution in [1.82, 2.24) is 5.32 Å². The summed E-state index contributed by atoms with van der Waals surface area (Å²) in [5.41, 5.74) is 1.05. The molecule has 2 rings (SSSR count). The van der Waals surface area contributed by atoms with Gasteiger partial charge in [0.05, 0.1) is 0 Å². The number of hydrogen-bond acceptors (Lipinski definition) is 1. The van der Waals surface area contributed by atoms with E-state index in [-0.39, 0.29) is 5.56 Å². The minimum absolute atomic E-state index is 0.113. The van der Waals surface area contributed by atoms with Crippen LogP contribution in [0.4, 0.5) is 8.78 Å². The first-order valence-electron chi connectivity index (χ1n) is 6.33. The zero-order valence-corrected chi connectivity index (χ0v) is 9.96. The van der Waals surface area contributed by atoms with Gasteiger partial charge in [-0.15, -0.1) is 0 Å². The summed E-state index contributed by atoms with van der Waals surface area (Å²) in [7, 11) is 0. The van der Waals surface area contributed by atoms with Gasteiger partial charge in [0, 0.05) is 12.1 Å². The molecule has 0 bridgehead atoms. The monoisotopic (exact) mass is 239 g/mol. The van der Waals surface area contributed by atoms with Gasteiger partial charge in [0.1, 0.15) is 0 Å². The smallest absolute Gasteiger partial charge is 0.263 e. The molecule has 1 N–H and O–H groups in total. The summed E-state index contributed by atoms with van der Waals surface area (Å²) >= 11 is 0. The van der Waals surface area contributed by atoms with Gasteiger partial charge >= 0.3 is 0 Å². The van der Waals surface area contributed by atoms with E-state index in [1.807, 2.05) is 6.07 Å². The predicted molar refractivity (Wildman–Crippen MR) is 65.1 cm³/mol. The second kappa shape index (κ2) is 6.10. The fourth-order valence-electron chi connectivity index (χ4n) is 1.99. The van der Waals surface area contributed by atoms with Gasteiger partial charge in [0.25, 0.3) is 6.43 Å². The van der Waals surface area contributed by atoms with Crippen LogP contribution in [0.25, 0.3) is 0 Å². The van der Waals surface area contributed by atoms with Crippen LogP contribution >= 0.6 is 0 Å². The normalized spacial score (nSPS) is 15.5. The molecule has 3 heteroatoms. The molecule has 0 atom stereocenters. The van der Waals surface area contributed by atoms with Crippen molar-refractivity contribution in [2.45, 2.75) is 38.7 Å². The minimum atomic E-state index is -2.37. The quantitative estimate of drug-likeness (QED) is 0.711. The summed E-state index contributed by atoms with van der Waals surface area (Å²) in [6, 6.07) is 6.64. The van der Waals surface area contributed by atoms with Crippen molar-refractivity contribution in [2.75, 3.05) is 6.54 Å². The number of halogens is 2. The maximum atomic E-state index is 12.5. The number of rotatable bonds is 7. The molecule has 94 valence electrons. The summed E-state index contributed by atoms with van der Waals surface area (Å²) in [5, 5.41) is 3.31. The molecule has 0 amide bonds. The van der Waals surface area contributed by atoms with E-state index >= 15 is 0 Å². The van der Waals surface area contributed by atoms with E-state index in [1.54, 1.807) is 12.1 Å². The zero-order chi connectivity index (χ0) is 12.1. The molecule has 1 aliphatic carbocycles. The van der Waals surface area contributed by atoms with Crippen LogP contribution < -0.4 is 5.32 Å². The van der Waals surface area contributed by atoms with E-state index in [2.05, 4.69) is 5.32 Å². The van der Waals surface area contributed by atoms with Crippen molar-refractivity contribution in [3.8, 4) is 0 Å². The fourth-order valence-corrected chi connectivity index (χ4v) is 1.99. The molecule has 0 saturated heterocycles. The van der Waals surface area contributed by atoms with Gasteiger partial charge in [0.15, 0.2) is 0 Å². The van der Waals surface area contributed by atoms with E-state index in [1.165, 1.54) is 31.7 Å². The SMILES string of the molecule is FC(F)c1cccc(CNCCCC2CC2)c1. The van der Waals surface area contributed by atoms with E-state index in [4.69, 9.17) is 0 Å². The Bertz CT molecular complexity index is 348. The molecule has 0 heterocycles.